The number of ether oxygens (including phenoxy) is 1. The van der Waals surface area contributed by atoms with Gasteiger partial charge in [0.25, 0.3) is 0 Å². The number of aliphatic hydroxyl groups excluding tert-OH is 2. The van der Waals surface area contributed by atoms with Gasteiger partial charge in [0.2, 0.25) is 0 Å². The lowest BCUT2D eigenvalue weighted by molar-refractivity contribution is 0.0536. The number of hydrogen-bond acceptors (Lipinski definition) is 3. The summed E-state index contributed by atoms with van der Waals surface area (Å²) < 4.78 is 5.41. The van der Waals surface area contributed by atoms with Crippen LogP contribution in [0.3, 0.4) is 0 Å². The van der Waals surface area contributed by atoms with Gasteiger partial charge in [0, 0.05) is 0 Å². The Labute approximate surface area is 106 Å². The molecule has 2 rings (SSSR count). The molecule has 2 N–H and O–H groups in total. The average molecular weight is 244 g/mol. The van der Waals surface area contributed by atoms with E-state index in [1.807, 2.05) is 54.6 Å². The van der Waals surface area contributed by atoms with Crippen molar-refractivity contribution >= 4 is 0 Å². The topological polar surface area (TPSA) is 49.7 Å². The van der Waals surface area contributed by atoms with Gasteiger partial charge in [0.05, 0.1) is 6.61 Å². The molecule has 0 saturated heterocycles. The van der Waals surface area contributed by atoms with Crippen molar-refractivity contribution in [2.24, 2.45) is 0 Å². The van der Waals surface area contributed by atoms with Crippen LogP contribution in [0.1, 0.15) is 0 Å². The van der Waals surface area contributed by atoms with Gasteiger partial charge in [-0.1, -0.05) is 42.5 Å². The Kier molecular flexibility index (Phi) is 4.34. The molecule has 1 atom stereocenters. The molecular formula is C15H16O3. The molecule has 0 aliphatic carbocycles. The van der Waals surface area contributed by atoms with Crippen LogP contribution >= 0.6 is 0 Å². The quantitative estimate of drug-likeness (QED) is 0.846. The Hall–Kier alpha value is -1.84. The van der Waals surface area contributed by atoms with E-state index >= 15 is 0 Å². The number of benzene rings is 2. The fraction of sp³-hybridized carbons (Fsp3) is 0.200. The van der Waals surface area contributed by atoms with Crippen LogP contribution < -0.4 is 4.74 Å². The van der Waals surface area contributed by atoms with E-state index in [4.69, 9.17) is 9.84 Å². The van der Waals surface area contributed by atoms with Crippen LogP contribution in [0.15, 0.2) is 54.6 Å². The van der Waals surface area contributed by atoms with Crippen LogP contribution in [-0.2, 0) is 0 Å². The van der Waals surface area contributed by atoms with Crippen molar-refractivity contribution in [1.82, 2.24) is 0 Å². The summed E-state index contributed by atoms with van der Waals surface area (Å²) in [6.45, 7) is -0.201. The van der Waals surface area contributed by atoms with E-state index in [-0.39, 0.29) is 13.2 Å². The fourth-order valence-electron chi connectivity index (χ4n) is 1.64. The van der Waals surface area contributed by atoms with Crippen molar-refractivity contribution in [1.29, 1.82) is 0 Å². The molecule has 0 aliphatic heterocycles. The molecule has 0 amide bonds. The highest BCUT2D eigenvalue weighted by molar-refractivity contribution is 5.64. The first kappa shape index (κ1) is 12.6. The SMILES string of the molecule is OCC(O)COc1cccc(-c2ccccc2)c1. The lowest BCUT2D eigenvalue weighted by atomic mass is 10.1. The zero-order valence-electron chi connectivity index (χ0n) is 9.99. The zero-order valence-corrected chi connectivity index (χ0v) is 9.99. The summed E-state index contributed by atoms with van der Waals surface area (Å²) in [5, 5.41) is 17.9. The molecule has 3 heteroatoms. The second kappa shape index (κ2) is 6.19. The van der Waals surface area contributed by atoms with Gasteiger partial charge in [0.15, 0.2) is 0 Å². The second-order valence-corrected chi connectivity index (χ2v) is 4.04. The molecule has 0 spiro atoms. The molecule has 3 nitrogen and oxygen atoms in total. The molecule has 94 valence electrons. The molecule has 1 unspecified atom stereocenters. The first-order valence-corrected chi connectivity index (χ1v) is 5.87. The Morgan fingerprint density at radius 1 is 0.944 bits per heavy atom. The molecule has 0 aromatic heterocycles. The third-order valence-corrected chi connectivity index (χ3v) is 2.59. The molecule has 0 aliphatic rings. The summed E-state index contributed by atoms with van der Waals surface area (Å²) in [4.78, 5) is 0. The highest BCUT2D eigenvalue weighted by Crippen LogP contribution is 2.23. The second-order valence-electron chi connectivity index (χ2n) is 4.04. The molecular weight excluding hydrogens is 228 g/mol. The molecule has 2 aromatic carbocycles. The van der Waals surface area contributed by atoms with Crippen LogP contribution in [0, 0.1) is 0 Å². The predicted octanol–water partition coefficient (Wildman–Crippen LogP) is 2.09. The van der Waals surface area contributed by atoms with Crippen LogP contribution in [0.4, 0.5) is 0 Å². The Morgan fingerprint density at radius 2 is 1.67 bits per heavy atom. The Bertz CT molecular complexity index is 482. The van der Waals surface area contributed by atoms with E-state index in [1.165, 1.54) is 0 Å². The summed E-state index contributed by atoms with van der Waals surface area (Å²) in [7, 11) is 0. The number of aliphatic hydroxyl groups is 2. The van der Waals surface area contributed by atoms with Crippen molar-refractivity contribution in [2.75, 3.05) is 13.2 Å². The average Bonchev–Trinajstić information content (AvgIpc) is 2.46. The monoisotopic (exact) mass is 244 g/mol. The van der Waals surface area contributed by atoms with Crippen molar-refractivity contribution in [3.05, 3.63) is 54.6 Å². The molecule has 0 radical (unpaired) electrons. The lowest BCUT2D eigenvalue weighted by Crippen LogP contribution is -2.21. The van der Waals surface area contributed by atoms with Gasteiger partial charge >= 0.3 is 0 Å². The standard InChI is InChI=1S/C15H16O3/c16-10-14(17)11-18-15-8-4-7-13(9-15)12-5-2-1-3-6-12/h1-9,14,16-17H,10-11H2. The van der Waals surface area contributed by atoms with E-state index < -0.39 is 6.10 Å². The summed E-state index contributed by atoms with van der Waals surface area (Å²) in [6, 6.07) is 17.7. The van der Waals surface area contributed by atoms with E-state index in [1.54, 1.807) is 0 Å². The fourth-order valence-corrected chi connectivity index (χ4v) is 1.64. The van der Waals surface area contributed by atoms with Crippen LogP contribution in [0.25, 0.3) is 11.1 Å². The molecule has 18 heavy (non-hydrogen) atoms. The molecule has 0 saturated carbocycles. The predicted molar refractivity (Wildman–Crippen MR) is 70.5 cm³/mol. The highest BCUT2D eigenvalue weighted by Gasteiger charge is 2.04. The first-order valence-electron chi connectivity index (χ1n) is 5.87. The minimum atomic E-state index is -0.842. The third-order valence-electron chi connectivity index (χ3n) is 2.59. The van der Waals surface area contributed by atoms with E-state index in [0.29, 0.717) is 5.75 Å². The van der Waals surface area contributed by atoms with Crippen molar-refractivity contribution in [3.63, 3.8) is 0 Å². The molecule has 0 heterocycles. The van der Waals surface area contributed by atoms with Gasteiger partial charge in [-0.2, -0.15) is 0 Å². The van der Waals surface area contributed by atoms with Gasteiger partial charge < -0.3 is 14.9 Å². The van der Waals surface area contributed by atoms with Crippen LogP contribution in [0.5, 0.6) is 5.75 Å². The first-order chi connectivity index (χ1) is 8.79. The van der Waals surface area contributed by atoms with Crippen molar-refractivity contribution < 1.29 is 14.9 Å². The number of hydrogen-bond donors (Lipinski definition) is 2. The highest BCUT2D eigenvalue weighted by atomic mass is 16.5. The largest absolute Gasteiger partial charge is 0.491 e. The zero-order chi connectivity index (χ0) is 12.8. The molecule has 0 fully saturated rings. The molecule has 0 bridgehead atoms. The van der Waals surface area contributed by atoms with E-state index in [0.717, 1.165) is 11.1 Å². The van der Waals surface area contributed by atoms with Crippen LogP contribution in [-0.4, -0.2) is 29.5 Å². The van der Waals surface area contributed by atoms with Gasteiger partial charge in [-0.15, -0.1) is 0 Å². The van der Waals surface area contributed by atoms with Crippen molar-refractivity contribution in [3.8, 4) is 16.9 Å². The number of rotatable bonds is 5. The summed E-state index contributed by atoms with van der Waals surface area (Å²) in [5.41, 5.74) is 2.18. The van der Waals surface area contributed by atoms with Gasteiger partial charge in [-0.3, -0.25) is 0 Å². The minimum absolute atomic E-state index is 0.0920. The smallest absolute Gasteiger partial charge is 0.120 e. The maximum absolute atomic E-state index is 9.23. The Balaban J connectivity index is 2.11. The van der Waals surface area contributed by atoms with Crippen molar-refractivity contribution in [2.45, 2.75) is 6.10 Å². The van der Waals surface area contributed by atoms with E-state index in [2.05, 4.69) is 0 Å². The maximum Gasteiger partial charge on any atom is 0.120 e. The van der Waals surface area contributed by atoms with Gasteiger partial charge in [-0.25, -0.2) is 0 Å². The summed E-state index contributed by atoms with van der Waals surface area (Å²) in [5.74, 6) is 0.684. The normalized spacial score (nSPS) is 12.1. The molecule has 2 aromatic rings. The van der Waals surface area contributed by atoms with Gasteiger partial charge in [0.1, 0.15) is 18.5 Å². The van der Waals surface area contributed by atoms with Gasteiger partial charge in [-0.05, 0) is 23.3 Å². The van der Waals surface area contributed by atoms with E-state index in [9.17, 15) is 5.11 Å². The third kappa shape index (κ3) is 3.32. The summed E-state index contributed by atoms with van der Waals surface area (Å²) >= 11 is 0. The maximum atomic E-state index is 9.23. The Morgan fingerprint density at radius 3 is 2.39 bits per heavy atom. The lowest BCUT2D eigenvalue weighted by Gasteiger charge is -2.11. The van der Waals surface area contributed by atoms with Crippen LogP contribution in [0.2, 0.25) is 0 Å². The summed E-state index contributed by atoms with van der Waals surface area (Å²) in [6.07, 6.45) is -0.842. The minimum Gasteiger partial charge on any atom is -0.491 e.